The van der Waals surface area contributed by atoms with Crippen LogP contribution in [0.1, 0.15) is 33.6 Å². The zero-order valence-electron chi connectivity index (χ0n) is 12.5. The smallest absolute Gasteiger partial charge is 0.356 e. The van der Waals surface area contributed by atoms with Gasteiger partial charge in [0, 0.05) is 10.4 Å². The van der Waals surface area contributed by atoms with E-state index in [0.29, 0.717) is 17.9 Å². The van der Waals surface area contributed by atoms with Crippen molar-refractivity contribution in [3.05, 3.63) is 28.2 Å². The first-order valence-electron chi connectivity index (χ1n) is 7.05. The number of fused-ring (bicyclic) bond motifs is 2. The molecular formula is C16H16Cl2O4. The molecule has 2 fully saturated rings. The van der Waals surface area contributed by atoms with Crippen molar-refractivity contribution >= 4 is 35.1 Å². The van der Waals surface area contributed by atoms with Crippen LogP contribution >= 0.6 is 23.2 Å². The fraction of sp³-hybridized carbons (Fsp3) is 0.500. The Kier molecular flexibility index (Phi) is 3.28. The second-order valence-corrected chi connectivity index (χ2v) is 7.48. The molecule has 1 saturated heterocycles. The first-order chi connectivity index (χ1) is 10.1. The van der Waals surface area contributed by atoms with Gasteiger partial charge in [-0.3, -0.25) is 4.79 Å². The van der Waals surface area contributed by atoms with Crippen LogP contribution in [-0.4, -0.2) is 17.5 Å². The van der Waals surface area contributed by atoms with E-state index >= 15 is 0 Å². The molecule has 4 nitrogen and oxygen atoms in total. The van der Waals surface area contributed by atoms with Crippen LogP contribution in [0.25, 0.3) is 0 Å². The summed E-state index contributed by atoms with van der Waals surface area (Å²) in [4.78, 5) is 24.9. The van der Waals surface area contributed by atoms with Gasteiger partial charge in [0.1, 0.15) is 5.75 Å². The minimum absolute atomic E-state index is 0.206. The highest BCUT2D eigenvalue weighted by molar-refractivity contribution is 6.35. The molecule has 1 heterocycles. The number of ether oxygens (including phenoxy) is 2. The second kappa shape index (κ2) is 4.62. The third kappa shape index (κ3) is 1.77. The van der Waals surface area contributed by atoms with Gasteiger partial charge in [-0.2, -0.15) is 0 Å². The van der Waals surface area contributed by atoms with Crippen LogP contribution in [0, 0.1) is 10.8 Å². The lowest BCUT2D eigenvalue weighted by Gasteiger charge is -2.34. The van der Waals surface area contributed by atoms with Gasteiger partial charge in [-0.1, -0.05) is 37.0 Å². The number of benzene rings is 1. The Bertz CT molecular complexity index is 685. The van der Waals surface area contributed by atoms with E-state index in [-0.39, 0.29) is 16.7 Å². The van der Waals surface area contributed by atoms with Crippen LogP contribution in [0.5, 0.6) is 5.75 Å². The maximum absolute atomic E-state index is 12.7. The predicted molar refractivity (Wildman–Crippen MR) is 82.0 cm³/mol. The highest BCUT2D eigenvalue weighted by Crippen LogP contribution is 2.65. The zero-order chi connectivity index (χ0) is 16.3. The molecule has 1 saturated carbocycles. The van der Waals surface area contributed by atoms with E-state index < -0.39 is 22.4 Å². The first-order valence-corrected chi connectivity index (χ1v) is 7.80. The van der Waals surface area contributed by atoms with Gasteiger partial charge in [0.15, 0.2) is 0 Å². The number of esters is 2. The third-order valence-corrected chi connectivity index (χ3v) is 6.04. The van der Waals surface area contributed by atoms with E-state index in [0.717, 1.165) is 0 Å². The molecule has 0 N–H and O–H groups in total. The molecule has 0 spiro atoms. The Morgan fingerprint density at radius 2 is 1.91 bits per heavy atom. The van der Waals surface area contributed by atoms with E-state index in [9.17, 15) is 9.59 Å². The SMILES string of the molecule is CC1(C)[C@@]2(C)CC[C@]1(C(=O)Oc1ccc(Cl)cc1Cl)OC2=O. The fourth-order valence-electron chi connectivity index (χ4n) is 3.44. The molecule has 1 aromatic rings. The third-order valence-electron chi connectivity index (χ3n) is 5.51. The van der Waals surface area contributed by atoms with Gasteiger partial charge in [0.05, 0.1) is 10.4 Å². The molecule has 6 heteroatoms. The maximum atomic E-state index is 12.7. The van der Waals surface area contributed by atoms with Gasteiger partial charge in [-0.15, -0.1) is 0 Å². The number of carbonyl (C=O) groups is 2. The first kappa shape index (κ1) is 15.6. The minimum atomic E-state index is -1.26. The van der Waals surface area contributed by atoms with Gasteiger partial charge in [0.25, 0.3) is 0 Å². The van der Waals surface area contributed by atoms with Crippen LogP contribution < -0.4 is 4.74 Å². The lowest BCUT2D eigenvalue weighted by molar-refractivity contribution is -0.176. The maximum Gasteiger partial charge on any atom is 0.356 e. The summed E-state index contributed by atoms with van der Waals surface area (Å²) in [5.41, 5.74) is -2.58. The Hall–Kier alpha value is -1.26. The van der Waals surface area contributed by atoms with Crippen molar-refractivity contribution < 1.29 is 19.1 Å². The van der Waals surface area contributed by atoms with E-state index in [1.54, 1.807) is 6.07 Å². The normalized spacial score (nSPS) is 32.0. The molecule has 0 unspecified atom stereocenters. The highest BCUT2D eigenvalue weighted by Gasteiger charge is 2.76. The Labute approximate surface area is 138 Å². The topological polar surface area (TPSA) is 52.6 Å². The average molecular weight is 343 g/mol. The lowest BCUT2D eigenvalue weighted by atomic mass is 9.66. The van der Waals surface area contributed by atoms with Crippen molar-refractivity contribution in [1.82, 2.24) is 0 Å². The molecule has 2 aliphatic rings. The summed E-state index contributed by atoms with van der Waals surface area (Å²) < 4.78 is 10.9. The number of rotatable bonds is 2. The molecular weight excluding hydrogens is 327 g/mol. The second-order valence-electron chi connectivity index (χ2n) is 6.64. The zero-order valence-corrected chi connectivity index (χ0v) is 14.0. The van der Waals surface area contributed by atoms with Gasteiger partial charge < -0.3 is 9.47 Å². The molecule has 1 aromatic carbocycles. The quantitative estimate of drug-likeness (QED) is 0.601. The standard InChI is InChI=1S/C16H16Cl2O4/c1-14(2)15(3)6-7-16(14,22-12(15)19)13(20)21-11-5-4-9(17)8-10(11)18/h4-5,8H,6-7H2,1-3H3/t15-,16+/m0/s1. The van der Waals surface area contributed by atoms with Gasteiger partial charge >= 0.3 is 11.9 Å². The van der Waals surface area contributed by atoms with Crippen molar-refractivity contribution in [2.24, 2.45) is 10.8 Å². The average Bonchev–Trinajstić information content (AvgIpc) is 2.72. The largest absolute Gasteiger partial charge is 0.446 e. The number of hydrogen-bond acceptors (Lipinski definition) is 4. The number of hydrogen-bond donors (Lipinski definition) is 0. The van der Waals surface area contributed by atoms with Gasteiger partial charge in [-0.25, -0.2) is 4.79 Å². The number of carbonyl (C=O) groups excluding carboxylic acids is 2. The van der Waals surface area contributed by atoms with E-state index in [1.807, 2.05) is 20.8 Å². The minimum Gasteiger partial charge on any atom is -0.446 e. The summed E-state index contributed by atoms with van der Waals surface area (Å²) >= 11 is 11.9. The summed E-state index contributed by atoms with van der Waals surface area (Å²) in [7, 11) is 0. The molecule has 2 bridgehead atoms. The monoisotopic (exact) mass is 342 g/mol. The van der Waals surface area contributed by atoms with Crippen LogP contribution in [0.4, 0.5) is 0 Å². The van der Waals surface area contributed by atoms with Crippen LogP contribution in [-0.2, 0) is 14.3 Å². The predicted octanol–water partition coefficient (Wildman–Crippen LogP) is 4.02. The summed E-state index contributed by atoms with van der Waals surface area (Å²) in [6.45, 7) is 5.58. The van der Waals surface area contributed by atoms with Crippen molar-refractivity contribution in [3.8, 4) is 5.75 Å². The van der Waals surface area contributed by atoms with E-state index in [1.165, 1.54) is 12.1 Å². The summed E-state index contributed by atoms with van der Waals surface area (Å²) in [5, 5.41) is 0.684. The van der Waals surface area contributed by atoms with Crippen LogP contribution in [0.15, 0.2) is 18.2 Å². The van der Waals surface area contributed by atoms with E-state index in [2.05, 4.69) is 0 Å². The summed E-state index contributed by atoms with van der Waals surface area (Å²) in [6.07, 6.45) is 1.05. The molecule has 1 aliphatic heterocycles. The molecule has 22 heavy (non-hydrogen) atoms. The van der Waals surface area contributed by atoms with Crippen LogP contribution in [0.2, 0.25) is 10.0 Å². The molecule has 0 aromatic heterocycles. The number of halogens is 2. The highest BCUT2D eigenvalue weighted by atomic mass is 35.5. The van der Waals surface area contributed by atoms with Crippen molar-refractivity contribution in [2.45, 2.75) is 39.2 Å². The summed E-state index contributed by atoms with van der Waals surface area (Å²) in [5.74, 6) is -0.725. The van der Waals surface area contributed by atoms with Gasteiger partial charge in [-0.05, 0) is 38.0 Å². The fourth-order valence-corrected chi connectivity index (χ4v) is 3.89. The van der Waals surface area contributed by atoms with Crippen molar-refractivity contribution in [1.29, 1.82) is 0 Å². The van der Waals surface area contributed by atoms with Crippen LogP contribution in [0.3, 0.4) is 0 Å². The van der Waals surface area contributed by atoms with Crippen molar-refractivity contribution in [2.75, 3.05) is 0 Å². The molecule has 118 valence electrons. The Morgan fingerprint density at radius 3 is 2.41 bits per heavy atom. The molecule has 0 amide bonds. The molecule has 0 radical (unpaired) electrons. The Morgan fingerprint density at radius 1 is 1.23 bits per heavy atom. The molecule has 1 aliphatic carbocycles. The Balaban J connectivity index is 1.94. The van der Waals surface area contributed by atoms with Crippen molar-refractivity contribution in [3.63, 3.8) is 0 Å². The van der Waals surface area contributed by atoms with Gasteiger partial charge in [0.2, 0.25) is 5.60 Å². The lowest BCUT2D eigenvalue weighted by Crippen LogP contribution is -2.50. The summed E-state index contributed by atoms with van der Waals surface area (Å²) in [6, 6.07) is 4.60. The molecule has 2 atom stereocenters. The van der Waals surface area contributed by atoms with E-state index in [4.69, 9.17) is 32.7 Å². The molecule has 3 rings (SSSR count).